The van der Waals surface area contributed by atoms with Crippen LogP contribution in [0.3, 0.4) is 0 Å². The van der Waals surface area contributed by atoms with Crippen molar-refractivity contribution in [1.29, 1.82) is 0 Å². The minimum atomic E-state index is -0.398. The minimum absolute atomic E-state index is 0.398. The van der Waals surface area contributed by atoms with E-state index in [4.69, 9.17) is 14.2 Å². The molecule has 0 aromatic rings. The molecule has 0 spiro atoms. The average molecular weight is 172 g/mol. The lowest BCUT2D eigenvalue weighted by Crippen LogP contribution is -2.28. The van der Waals surface area contributed by atoms with Gasteiger partial charge in [0.2, 0.25) is 0 Å². The van der Waals surface area contributed by atoms with Crippen LogP contribution in [0.1, 0.15) is 13.8 Å². The van der Waals surface area contributed by atoms with E-state index in [2.05, 4.69) is 0 Å². The van der Waals surface area contributed by atoms with Gasteiger partial charge in [-0.05, 0) is 13.8 Å². The Morgan fingerprint density at radius 1 is 0.917 bits per heavy atom. The summed E-state index contributed by atoms with van der Waals surface area (Å²) in [6, 6.07) is 0. The molecule has 0 bridgehead atoms. The second kappa shape index (κ2) is 2.98. The van der Waals surface area contributed by atoms with Crippen LogP contribution in [0, 0.1) is 11.8 Å². The number of rotatable bonds is 0. The Hall–Kier alpha value is -0.120. The zero-order valence-corrected chi connectivity index (χ0v) is 7.71. The summed E-state index contributed by atoms with van der Waals surface area (Å²) in [4.78, 5) is 0. The van der Waals surface area contributed by atoms with E-state index in [1.54, 1.807) is 0 Å². The van der Waals surface area contributed by atoms with Gasteiger partial charge in [-0.3, -0.25) is 0 Å². The van der Waals surface area contributed by atoms with Gasteiger partial charge in [-0.25, -0.2) is 0 Å². The monoisotopic (exact) mass is 172 g/mol. The Bertz CT molecular complexity index is 151. The summed E-state index contributed by atoms with van der Waals surface area (Å²) in [6.07, 6.45) is 0. The molecule has 2 aliphatic heterocycles. The molecule has 0 saturated carbocycles. The zero-order valence-electron chi connectivity index (χ0n) is 7.71. The van der Waals surface area contributed by atoms with Crippen molar-refractivity contribution in [3.05, 3.63) is 0 Å². The molecule has 0 radical (unpaired) electrons. The van der Waals surface area contributed by atoms with Crippen molar-refractivity contribution in [2.75, 3.05) is 26.4 Å². The maximum Gasteiger partial charge on any atom is 0.162 e. The maximum atomic E-state index is 5.60. The second-order valence-corrected chi connectivity index (χ2v) is 4.08. The van der Waals surface area contributed by atoms with Gasteiger partial charge in [-0.1, -0.05) is 0 Å². The van der Waals surface area contributed by atoms with Gasteiger partial charge in [0, 0.05) is 11.8 Å². The van der Waals surface area contributed by atoms with E-state index in [9.17, 15) is 0 Å². The van der Waals surface area contributed by atoms with Crippen LogP contribution < -0.4 is 0 Å². The third-order valence-electron chi connectivity index (χ3n) is 2.62. The third-order valence-corrected chi connectivity index (χ3v) is 2.62. The van der Waals surface area contributed by atoms with Crippen LogP contribution in [-0.2, 0) is 14.2 Å². The lowest BCUT2D eigenvalue weighted by molar-refractivity contribution is -0.205. The fraction of sp³-hybridized carbons (Fsp3) is 1.00. The molecule has 2 heterocycles. The molecule has 0 N–H and O–H groups in total. The Balaban J connectivity index is 1.99. The number of hydrogen-bond acceptors (Lipinski definition) is 3. The Morgan fingerprint density at radius 2 is 1.42 bits per heavy atom. The minimum Gasteiger partial charge on any atom is -0.381 e. The fourth-order valence-electron chi connectivity index (χ4n) is 1.67. The first-order chi connectivity index (χ1) is 5.67. The first-order valence-corrected chi connectivity index (χ1v) is 4.53. The van der Waals surface area contributed by atoms with Crippen molar-refractivity contribution in [2.24, 2.45) is 11.8 Å². The van der Waals surface area contributed by atoms with Crippen molar-refractivity contribution >= 4 is 0 Å². The van der Waals surface area contributed by atoms with Crippen LogP contribution in [0.4, 0.5) is 0 Å². The molecule has 0 amide bonds. The van der Waals surface area contributed by atoms with Crippen molar-refractivity contribution in [3.63, 3.8) is 0 Å². The van der Waals surface area contributed by atoms with Gasteiger partial charge in [-0.15, -0.1) is 0 Å². The van der Waals surface area contributed by atoms with E-state index >= 15 is 0 Å². The van der Waals surface area contributed by atoms with Crippen LogP contribution in [-0.4, -0.2) is 32.2 Å². The van der Waals surface area contributed by atoms with Gasteiger partial charge >= 0.3 is 0 Å². The highest BCUT2D eigenvalue weighted by molar-refractivity contribution is 4.78. The van der Waals surface area contributed by atoms with E-state index < -0.39 is 5.79 Å². The normalized spacial score (nSPS) is 40.5. The number of fused-ring (bicyclic) bond motifs is 1. The predicted octanol–water partition coefficient (Wildman–Crippen LogP) is 1.03. The van der Waals surface area contributed by atoms with E-state index in [1.165, 1.54) is 0 Å². The average Bonchev–Trinajstić information content (AvgIpc) is 2.40. The largest absolute Gasteiger partial charge is 0.381 e. The summed E-state index contributed by atoms with van der Waals surface area (Å²) in [5, 5.41) is 0. The molecular formula is C9H16O3. The van der Waals surface area contributed by atoms with Crippen LogP contribution in [0.25, 0.3) is 0 Å². The Morgan fingerprint density at radius 3 is 1.92 bits per heavy atom. The highest BCUT2D eigenvalue weighted by atomic mass is 16.7. The first kappa shape index (κ1) is 8.48. The van der Waals surface area contributed by atoms with Crippen LogP contribution in [0.15, 0.2) is 0 Å². The standard InChI is InChI=1S/C9H16O3/c1-9(2)11-5-7-3-10-4-8(7)6-12-9/h7-8H,3-6H2,1-2H3/t7-,8+. The molecule has 2 fully saturated rings. The van der Waals surface area contributed by atoms with Crippen molar-refractivity contribution in [2.45, 2.75) is 19.6 Å². The highest BCUT2D eigenvalue weighted by Gasteiger charge is 2.35. The number of hydrogen-bond donors (Lipinski definition) is 0. The fourth-order valence-corrected chi connectivity index (χ4v) is 1.67. The summed E-state index contributed by atoms with van der Waals surface area (Å²) in [5.41, 5.74) is 0. The van der Waals surface area contributed by atoms with E-state index in [-0.39, 0.29) is 0 Å². The smallest absolute Gasteiger partial charge is 0.162 e. The summed E-state index contributed by atoms with van der Waals surface area (Å²) in [6.45, 7) is 7.16. The molecule has 12 heavy (non-hydrogen) atoms. The van der Waals surface area contributed by atoms with E-state index in [0.29, 0.717) is 11.8 Å². The Kier molecular flexibility index (Phi) is 2.10. The molecule has 2 atom stereocenters. The van der Waals surface area contributed by atoms with E-state index in [0.717, 1.165) is 26.4 Å². The van der Waals surface area contributed by atoms with Crippen LogP contribution in [0.2, 0.25) is 0 Å². The topological polar surface area (TPSA) is 27.7 Å². The molecule has 0 aromatic heterocycles. The molecule has 0 aliphatic carbocycles. The molecule has 0 unspecified atom stereocenters. The van der Waals surface area contributed by atoms with Gasteiger partial charge in [-0.2, -0.15) is 0 Å². The lowest BCUT2D eigenvalue weighted by Gasteiger charge is -2.23. The summed E-state index contributed by atoms with van der Waals surface area (Å²) >= 11 is 0. The molecule has 70 valence electrons. The summed E-state index contributed by atoms with van der Waals surface area (Å²) < 4.78 is 16.6. The van der Waals surface area contributed by atoms with Gasteiger partial charge in [0.1, 0.15) is 0 Å². The van der Waals surface area contributed by atoms with E-state index in [1.807, 2.05) is 13.8 Å². The predicted molar refractivity (Wildman–Crippen MR) is 43.8 cm³/mol. The molecule has 2 rings (SSSR count). The highest BCUT2D eigenvalue weighted by Crippen LogP contribution is 2.28. The molecule has 2 aliphatic rings. The molecular weight excluding hydrogens is 156 g/mol. The summed E-state index contributed by atoms with van der Waals surface area (Å²) in [5.74, 6) is 0.697. The van der Waals surface area contributed by atoms with Crippen LogP contribution in [0.5, 0.6) is 0 Å². The second-order valence-electron chi connectivity index (χ2n) is 4.08. The molecule has 0 aromatic carbocycles. The van der Waals surface area contributed by atoms with Crippen molar-refractivity contribution < 1.29 is 14.2 Å². The molecule has 3 nitrogen and oxygen atoms in total. The zero-order chi connectivity index (χ0) is 8.60. The Labute approximate surface area is 73.0 Å². The van der Waals surface area contributed by atoms with Crippen molar-refractivity contribution in [3.8, 4) is 0 Å². The first-order valence-electron chi connectivity index (χ1n) is 4.53. The van der Waals surface area contributed by atoms with Gasteiger partial charge in [0.25, 0.3) is 0 Å². The SMILES string of the molecule is CC1(C)OC[C@H]2COC[C@H]2CO1. The molecule has 3 heteroatoms. The number of ether oxygens (including phenoxy) is 3. The third kappa shape index (κ3) is 1.63. The van der Waals surface area contributed by atoms with Gasteiger partial charge in [0.15, 0.2) is 5.79 Å². The van der Waals surface area contributed by atoms with Gasteiger partial charge in [0.05, 0.1) is 26.4 Å². The van der Waals surface area contributed by atoms with Gasteiger partial charge < -0.3 is 14.2 Å². The lowest BCUT2D eigenvalue weighted by atomic mass is 9.98. The van der Waals surface area contributed by atoms with Crippen molar-refractivity contribution in [1.82, 2.24) is 0 Å². The maximum absolute atomic E-state index is 5.60. The quantitative estimate of drug-likeness (QED) is 0.546. The molecule has 2 saturated heterocycles. The van der Waals surface area contributed by atoms with Crippen LogP contribution >= 0.6 is 0 Å². The summed E-state index contributed by atoms with van der Waals surface area (Å²) in [7, 11) is 0.